The van der Waals surface area contributed by atoms with Gasteiger partial charge in [0.1, 0.15) is 0 Å². The van der Waals surface area contributed by atoms with Gasteiger partial charge >= 0.3 is 0 Å². The first-order valence-corrected chi connectivity index (χ1v) is 10.9. The molecule has 4 rings (SSSR count). The molecule has 1 aliphatic rings. The highest BCUT2D eigenvalue weighted by atomic mass is 35.5. The maximum Gasteiger partial charge on any atom is 0.255 e. The van der Waals surface area contributed by atoms with E-state index in [9.17, 15) is 4.79 Å². The molecule has 0 spiro atoms. The second-order valence-electron chi connectivity index (χ2n) is 7.25. The molecule has 1 saturated heterocycles. The van der Waals surface area contributed by atoms with Gasteiger partial charge in [-0.25, -0.2) is 4.98 Å². The molecule has 3 aromatic rings. The van der Waals surface area contributed by atoms with Crippen LogP contribution < -0.4 is 4.90 Å². The number of amides is 1. The molecule has 0 radical (unpaired) electrons. The average molecular weight is 434 g/mol. The Morgan fingerprint density at radius 3 is 2.57 bits per heavy atom. The summed E-state index contributed by atoms with van der Waals surface area (Å²) in [6.07, 6.45) is 0. The van der Waals surface area contributed by atoms with Crippen LogP contribution >= 0.6 is 34.5 Å². The van der Waals surface area contributed by atoms with Crippen molar-refractivity contribution in [1.82, 2.24) is 9.88 Å². The van der Waals surface area contributed by atoms with E-state index in [2.05, 4.69) is 36.9 Å². The van der Waals surface area contributed by atoms with Gasteiger partial charge in [-0.15, -0.1) is 0 Å². The Morgan fingerprint density at radius 2 is 1.86 bits per heavy atom. The topological polar surface area (TPSA) is 36.4 Å². The lowest BCUT2D eigenvalue weighted by molar-refractivity contribution is 0.0747. The van der Waals surface area contributed by atoms with E-state index in [0.717, 1.165) is 23.7 Å². The number of nitrogens with zero attached hydrogens (tertiary/aromatic N) is 3. The molecule has 146 valence electrons. The van der Waals surface area contributed by atoms with E-state index in [4.69, 9.17) is 28.2 Å². The smallest absolute Gasteiger partial charge is 0.255 e. The highest BCUT2D eigenvalue weighted by Crippen LogP contribution is 2.34. The van der Waals surface area contributed by atoms with Crippen molar-refractivity contribution < 1.29 is 4.79 Å². The summed E-state index contributed by atoms with van der Waals surface area (Å²) in [7, 11) is 0. The summed E-state index contributed by atoms with van der Waals surface area (Å²) in [6.45, 7) is 7.16. The number of carbonyl (C=O) groups is 1. The molecular weight excluding hydrogens is 413 g/mol. The fraction of sp³-hybridized carbons (Fsp3) is 0.333. The summed E-state index contributed by atoms with van der Waals surface area (Å²) in [6, 6.07) is 11.4. The molecule has 0 bridgehead atoms. The molecule has 7 heteroatoms. The van der Waals surface area contributed by atoms with E-state index in [-0.39, 0.29) is 5.91 Å². The molecule has 0 aliphatic carbocycles. The van der Waals surface area contributed by atoms with Crippen molar-refractivity contribution in [2.75, 3.05) is 31.1 Å². The van der Waals surface area contributed by atoms with Crippen molar-refractivity contribution in [2.24, 2.45) is 0 Å². The molecule has 0 N–H and O–H groups in total. The Bertz CT molecular complexity index is 1030. The van der Waals surface area contributed by atoms with Gasteiger partial charge < -0.3 is 9.80 Å². The van der Waals surface area contributed by atoms with E-state index < -0.39 is 0 Å². The number of hydrogen-bond donors (Lipinski definition) is 0. The molecule has 1 aromatic heterocycles. The Balaban J connectivity index is 1.50. The summed E-state index contributed by atoms with van der Waals surface area (Å²) in [5, 5.41) is 1.97. The number of fused-ring (bicyclic) bond motifs is 1. The Morgan fingerprint density at radius 1 is 1.11 bits per heavy atom. The summed E-state index contributed by atoms with van der Waals surface area (Å²) in [5.74, 6) is 0.370. The van der Waals surface area contributed by atoms with Crippen LogP contribution in [-0.4, -0.2) is 42.0 Å². The van der Waals surface area contributed by atoms with Crippen molar-refractivity contribution in [3.05, 3.63) is 57.6 Å². The first-order valence-electron chi connectivity index (χ1n) is 9.33. The normalized spacial score (nSPS) is 14.9. The second kappa shape index (κ2) is 7.90. The van der Waals surface area contributed by atoms with Gasteiger partial charge in [-0.3, -0.25) is 4.79 Å². The van der Waals surface area contributed by atoms with Gasteiger partial charge in [0.25, 0.3) is 5.91 Å². The summed E-state index contributed by atoms with van der Waals surface area (Å²) >= 11 is 13.9. The van der Waals surface area contributed by atoms with Crippen LogP contribution in [0, 0.1) is 0 Å². The maximum atomic E-state index is 12.8. The highest BCUT2D eigenvalue weighted by Gasteiger charge is 2.25. The third-order valence-electron chi connectivity index (χ3n) is 5.06. The number of halogens is 2. The Hall–Kier alpha value is -1.82. The minimum atomic E-state index is -0.0708. The van der Waals surface area contributed by atoms with Gasteiger partial charge in [-0.2, -0.15) is 0 Å². The number of hydrogen-bond acceptors (Lipinski definition) is 4. The molecule has 1 aliphatic heterocycles. The Kier molecular flexibility index (Phi) is 5.50. The zero-order chi connectivity index (χ0) is 19.8. The van der Waals surface area contributed by atoms with E-state index in [1.165, 1.54) is 10.3 Å². The van der Waals surface area contributed by atoms with Gasteiger partial charge in [-0.05, 0) is 35.7 Å². The standard InChI is InChI=1S/C21H21Cl2N3OS/c1-13(2)15-4-3-5-18-19(15)24-21(28-18)26-10-8-25(9-11-26)20(27)16-12-14(22)6-7-17(16)23/h3-7,12-13H,8-11H2,1-2H3. The van der Waals surface area contributed by atoms with Gasteiger partial charge in [0.05, 0.1) is 20.8 Å². The first kappa shape index (κ1) is 19.5. The molecule has 4 nitrogen and oxygen atoms in total. The molecular formula is C21H21Cl2N3OS. The predicted octanol–water partition coefficient (Wildman–Crippen LogP) is 5.69. The number of rotatable bonds is 3. The molecule has 2 heterocycles. The third-order valence-corrected chi connectivity index (χ3v) is 6.70. The molecule has 0 saturated carbocycles. The van der Waals surface area contributed by atoms with E-state index >= 15 is 0 Å². The number of thiazole rings is 1. The zero-order valence-electron chi connectivity index (χ0n) is 15.8. The minimum Gasteiger partial charge on any atom is -0.345 e. The zero-order valence-corrected chi connectivity index (χ0v) is 18.1. The third kappa shape index (κ3) is 3.71. The number of benzene rings is 2. The molecule has 0 atom stereocenters. The van der Waals surface area contributed by atoms with Crippen LogP contribution in [0.3, 0.4) is 0 Å². The van der Waals surface area contributed by atoms with E-state index in [1.807, 2.05) is 4.90 Å². The fourth-order valence-electron chi connectivity index (χ4n) is 3.49. The van der Waals surface area contributed by atoms with Gasteiger partial charge in [0.15, 0.2) is 5.13 Å². The lowest BCUT2D eigenvalue weighted by atomic mass is 10.0. The lowest BCUT2D eigenvalue weighted by Gasteiger charge is -2.34. The maximum absolute atomic E-state index is 12.8. The fourth-order valence-corrected chi connectivity index (χ4v) is 4.91. The number of aromatic nitrogens is 1. The second-order valence-corrected chi connectivity index (χ2v) is 9.10. The quantitative estimate of drug-likeness (QED) is 0.532. The van der Waals surface area contributed by atoms with E-state index in [0.29, 0.717) is 34.6 Å². The SMILES string of the molecule is CC(C)c1cccc2sc(N3CCN(C(=O)c4cc(Cl)ccc4Cl)CC3)nc12. The Labute approximate surface area is 178 Å². The minimum absolute atomic E-state index is 0.0708. The number of para-hydroxylation sites is 1. The molecule has 1 fully saturated rings. The summed E-state index contributed by atoms with van der Waals surface area (Å²) in [5.41, 5.74) is 2.84. The average Bonchev–Trinajstić information content (AvgIpc) is 3.13. The first-order chi connectivity index (χ1) is 13.4. The molecule has 2 aromatic carbocycles. The predicted molar refractivity (Wildman–Crippen MR) is 118 cm³/mol. The van der Waals surface area contributed by atoms with Crippen LogP contribution in [0.2, 0.25) is 10.0 Å². The largest absolute Gasteiger partial charge is 0.345 e. The number of carbonyl (C=O) groups excluding carboxylic acids is 1. The van der Waals surface area contributed by atoms with Crippen LogP contribution in [0.25, 0.3) is 10.2 Å². The highest BCUT2D eigenvalue weighted by molar-refractivity contribution is 7.22. The van der Waals surface area contributed by atoms with Gasteiger partial charge in [-0.1, -0.05) is 60.5 Å². The summed E-state index contributed by atoms with van der Waals surface area (Å²) < 4.78 is 1.21. The van der Waals surface area contributed by atoms with Gasteiger partial charge in [0.2, 0.25) is 0 Å². The van der Waals surface area contributed by atoms with Crippen LogP contribution in [0.1, 0.15) is 35.7 Å². The number of piperazine rings is 1. The van der Waals surface area contributed by atoms with Crippen molar-refractivity contribution >= 4 is 55.8 Å². The van der Waals surface area contributed by atoms with Crippen molar-refractivity contribution in [1.29, 1.82) is 0 Å². The van der Waals surface area contributed by atoms with Crippen LogP contribution in [-0.2, 0) is 0 Å². The summed E-state index contributed by atoms with van der Waals surface area (Å²) in [4.78, 5) is 21.8. The van der Waals surface area contributed by atoms with Crippen LogP contribution in [0.4, 0.5) is 5.13 Å². The monoisotopic (exact) mass is 433 g/mol. The van der Waals surface area contributed by atoms with Crippen molar-refractivity contribution in [2.45, 2.75) is 19.8 Å². The molecule has 0 unspecified atom stereocenters. The van der Waals surface area contributed by atoms with E-state index in [1.54, 1.807) is 29.5 Å². The lowest BCUT2D eigenvalue weighted by Crippen LogP contribution is -2.48. The molecule has 28 heavy (non-hydrogen) atoms. The van der Waals surface area contributed by atoms with Gasteiger partial charge in [0, 0.05) is 31.2 Å². The van der Waals surface area contributed by atoms with Crippen LogP contribution in [0.5, 0.6) is 0 Å². The van der Waals surface area contributed by atoms with Crippen LogP contribution in [0.15, 0.2) is 36.4 Å². The van der Waals surface area contributed by atoms with Crippen molar-refractivity contribution in [3.8, 4) is 0 Å². The molecule has 1 amide bonds. The van der Waals surface area contributed by atoms with Crippen molar-refractivity contribution in [3.63, 3.8) is 0 Å². The number of anilines is 1.